The largest absolute Gasteiger partial charge is 0.465 e. The third-order valence-electron chi connectivity index (χ3n) is 1.77. The quantitative estimate of drug-likeness (QED) is 0.433. The Morgan fingerprint density at radius 3 is 1.00 bits per heavy atom. The second-order valence-electron chi connectivity index (χ2n) is 3.42. The van der Waals surface area contributed by atoms with Gasteiger partial charge in [0, 0.05) is 0 Å². The molecule has 0 saturated heterocycles. The number of carbonyl (C=O) groups is 2. The first kappa shape index (κ1) is 20.2. The fraction of sp³-hybridized carbons (Fsp3) is 0.750. The molecule has 0 heterocycles. The molecular weight excluding hydrogens is 350 g/mol. The highest BCUT2D eigenvalue weighted by Crippen LogP contribution is 2.37. The molecule has 0 N–H and O–H groups in total. The molecule has 0 aromatic carbocycles. The maximum absolute atomic E-state index is 12.3. The van der Waals surface area contributed by atoms with Crippen LogP contribution < -0.4 is 0 Å². The van der Waals surface area contributed by atoms with Crippen molar-refractivity contribution in [3.63, 3.8) is 0 Å². The molecule has 4 nitrogen and oxygen atoms in total. The summed E-state index contributed by atoms with van der Waals surface area (Å²) in [5.41, 5.74) is 0. The van der Waals surface area contributed by atoms with Crippen LogP contribution in [0.5, 0.6) is 0 Å². The lowest BCUT2D eigenvalue weighted by molar-refractivity contribution is -0.284. The Balaban J connectivity index is 4.42. The van der Waals surface area contributed by atoms with Gasteiger partial charge in [-0.3, -0.25) is 0 Å². The molecule has 0 bridgehead atoms. The number of rotatable bonds is 5. The summed E-state index contributed by atoms with van der Waals surface area (Å²) in [6, 6.07) is 0. The molecule has 0 fully saturated rings. The predicted molar refractivity (Wildman–Crippen MR) is 43.9 cm³/mol. The number of hydrogen-bond acceptors (Lipinski definition) is 4. The third-order valence-corrected chi connectivity index (χ3v) is 1.77. The monoisotopic (exact) mass is 354 g/mol. The molecule has 14 heteroatoms. The molecule has 0 aromatic heterocycles. The molecule has 0 atom stereocenters. The fourth-order valence-electron chi connectivity index (χ4n) is 0.681. The van der Waals surface area contributed by atoms with Crippen LogP contribution in [0, 0.1) is 0 Å². The van der Waals surface area contributed by atoms with Crippen molar-refractivity contribution in [3.8, 4) is 0 Å². The van der Waals surface area contributed by atoms with E-state index in [0.717, 1.165) is 0 Å². The van der Waals surface area contributed by atoms with E-state index < -0.39 is 49.4 Å². The van der Waals surface area contributed by atoms with Gasteiger partial charge in [0.2, 0.25) is 0 Å². The lowest BCUT2D eigenvalue weighted by Crippen LogP contribution is -2.46. The highest BCUT2D eigenvalue weighted by molar-refractivity contribution is 5.79. The topological polar surface area (TPSA) is 52.6 Å². The highest BCUT2D eigenvalue weighted by atomic mass is 19.4. The molecule has 0 aliphatic rings. The first-order valence-electron chi connectivity index (χ1n) is 4.78. The molecule has 0 spiro atoms. The molecule has 0 aliphatic carbocycles. The molecule has 0 saturated carbocycles. The normalized spacial score (nSPS) is 13.7. The number of halogens is 10. The van der Waals surface area contributed by atoms with Crippen molar-refractivity contribution >= 4 is 11.9 Å². The van der Waals surface area contributed by atoms with E-state index in [9.17, 15) is 53.5 Å². The van der Waals surface area contributed by atoms with E-state index in [1.54, 1.807) is 0 Å². The van der Waals surface area contributed by atoms with Gasteiger partial charge in [0.25, 0.3) is 0 Å². The van der Waals surface area contributed by atoms with Crippen LogP contribution in [0.25, 0.3) is 0 Å². The third kappa shape index (κ3) is 4.37. The summed E-state index contributed by atoms with van der Waals surface area (Å²) in [4.78, 5) is 20.7. The van der Waals surface area contributed by atoms with Gasteiger partial charge in [0.1, 0.15) is 13.2 Å². The summed E-state index contributed by atoms with van der Waals surface area (Å²) in [5.74, 6) is -18.1. The van der Waals surface area contributed by atoms with Crippen molar-refractivity contribution < 1.29 is 63.0 Å². The van der Waals surface area contributed by atoms with Crippen LogP contribution >= 0.6 is 0 Å². The second kappa shape index (κ2) is 6.16. The summed E-state index contributed by atoms with van der Waals surface area (Å²) < 4.78 is 126. The van der Waals surface area contributed by atoms with Gasteiger partial charge >= 0.3 is 36.1 Å². The fourth-order valence-corrected chi connectivity index (χ4v) is 0.681. The number of ether oxygens (including phenoxy) is 2. The maximum atomic E-state index is 12.3. The second-order valence-corrected chi connectivity index (χ2v) is 3.42. The Hall–Kier alpha value is -1.76. The molecule has 130 valence electrons. The van der Waals surface area contributed by atoms with E-state index >= 15 is 0 Å². The van der Waals surface area contributed by atoms with E-state index in [1.165, 1.54) is 0 Å². The minimum atomic E-state index is -6.30. The number of esters is 2. The zero-order valence-corrected chi connectivity index (χ0v) is 9.83. The van der Waals surface area contributed by atoms with Gasteiger partial charge in [-0.1, -0.05) is 0 Å². The van der Waals surface area contributed by atoms with E-state index in [1.807, 2.05) is 0 Å². The summed E-state index contributed by atoms with van der Waals surface area (Å²) >= 11 is 0. The zero-order chi connectivity index (χ0) is 18.0. The Morgan fingerprint density at radius 2 is 0.818 bits per heavy atom. The van der Waals surface area contributed by atoms with Gasteiger partial charge in [-0.2, -0.15) is 43.9 Å². The van der Waals surface area contributed by atoms with Crippen LogP contribution in [-0.2, 0) is 19.1 Å². The lowest BCUT2D eigenvalue weighted by Gasteiger charge is -2.19. The summed E-state index contributed by atoms with van der Waals surface area (Å²) in [5, 5.41) is 0. The summed E-state index contributed by atoms with van der Waals surface area (Å²) in [6.45, 7) is -3.19. The Bertz CT molecular complexity index is 384. The summed E-state index contributed by atoms with van der Waals surface area (Å²) in [7, 11) is 0. The van der Waals surface area contributed by atoms with Crippen LogP contribution in [0.15, 0.2) is 0 Å². The Morgan fingerprint density at radius 1 is 0.591 bits per heavy atom. The molecule has 0 unspecified atom stereocenters. The van der Waals surface area contributed by atoms with Gasteiger partial charge in [-0.15, -0.1) is 0 Å². The number of carbonyl (C=O) groups excluding carboxylic acids is 2. The number of alkyl halides is 10. The highest BCUT2D eigenvalue weighted by Gasteiger charge is 2.66. The first-order chi connectivity index (χ1) is 9.55. The van der Waals surface area contributed by atoms with Crippen molar-refractivity contribution in [1.82, 2.24) is 0 Å². The van der Waals surface area contributed by atoms with Crippen molar-refractivity contribution in [1.29, 1.82) is 0 Å². The molecule has 0 aromatic rings. The van der Waals surface area contributed by atoms with Gasteiger partial charge in [-0.25, -0.2) is 9.59 Å². The minimum absolute atomic E-state index is 1.59. The van der Waals surface area contributed by atoms with Gasteiger partial charge in [-0.05, 0) is 0 Å². The number of hydrogen-bond donors (Lipinski definition) is 0. The molecule has 22 heavy (non-hydrogen) atoms. The smallest absolute Gasteiger partial charge is 0.457 e. The SMILES string of the molecule is O=C(OCCOC(=O)C(F)(F)C(F)(F)F)C(F)(F)C(F)(F)F. The van der Waals surface area contributed by atoms with Crippen LogP contribution in [0.3, 0.4) is 0 Å². The van der Waals surface area contributed by atoms with Crippen molar-refractivity contribution in [2.45, 2.75) is 24.2 Å². The van der Waals surface area contributed by atoms with E-state index in [0.29, 0.717) is 0 Å². The van der Waals surface area contributed by atoms with Crippen LogP contribution in [0.1, 0.15) is 0 Å². The van der Waals surface area contributed by atoms with Crippen molar-refractivity contribution in [3.05, 3.63) is 0 Å². The predicted octanol–water partition coefficient (Wildman–Crippen LogP) is 2.47. The van der Waals surface area contributed by atoms with E-state index in [4.69, 9.17) is 0 Å². The van der Waals surface area contributed by atoms with Crippen molar-refractivity contribution in [2.24, 2.45) is 0 Å². The summed E-state index contributed by atoms with van der Waals surface area (Å²) in [6.07, 6.45) is -12.6. The molecular formula is C8H4F10O4. The molecule has 0 rings (SSSR count). The first-order valence-corrected chi connectivity index (χ1v) is 4.78. The van der Waals surface area contributed by atoms with E-state index in [2.05, 4.69) is 9.47 Å². The standard InChI is InChI=1S/C8H4F10O4/c9-5(10,7(13,14)15)3(19)21-1-2-22-4(20)6(11,12)8(16,17)18/h1-2H2. The van der Waals surface area contributed by atoms with Gasteiger partial charge in [0.15, 0.2) is 0 Å². The molecule has 0 radical (unpaired) electrons. The van der Waals surface area contributed by atoms with E-state index in [-0.39, 0.29) is 0 Å². The van der Waals surface area contributed by atoms with Gasteiger partial charge < -0.3 is 9.47 Å². The van der Waals surface area contributed by atoms with Gasteiger partial charge in [0.05, 0.1) is 0 Å². The molecule has 0 aliphatic heterocycles. The van der Waals surface area contributed by atoms with Crippen LogP contribution in [-0.4, -0.2) is 49.4 Å². The Labute approximate surface area is 113 Å². The van der Waals surface area contributed by atoms with Crippen molar-refractivity contribution in [2.75, 3.05) is 13.2 Å². The average Bonchev–Trinajstić information content (AvgIpc) is 2.30. The lowest BCUT2D eigenvalue weighted by atomic mass is 10.3. The Kier molecular flexibility index (Phi) is 5.67. The molecule has 0 amide bonds. The maximum Gasteiger partial charge on any atom is 0.465 e. The minimum Gasteiger partial charge on any atom is -0.457 e. The average molecular weight is 354 g/mol. The van der Waals surface area contributed by atoms with Crippen LogP contribution in [0.4, 0.5) is 43.9 Å². The zero-order valence-electron chi connectivity index (χ0n) is 9.83. The van der Waals surface area contributed by atoms with Crippen LogP contribution in [0.2, 0.25) is 0 Å².